The summed E-state index contributed by atoms with van der Waals surface area (Å²) in [6, 6.07) is 4.82. The van der Waals surface area contributed by atoms with Crippen LogP contribution in [0.1, 0.15) is 0 Å². The highest BCUT2D eigenvalue weighted by Crippen LogP contribution is 2.26. The number of halogens is 4. The summed E-state index contributed by atoms with van der Waals surface area (Å²) in [6.45, 7) is 0. The lowest BCUT2D eigenvalue weighted by atomic mass is 10.3. The van der Waals surface area contributed by atoms with Crippen molar-refractivity contribution in [3.63, 3.8) is 0 Å². The lowest BCUT2D eigenvalue weighted by molar-refractivity contribution is -0.274. The molecule has 0 unspecified atom stereocenters. The highest BCUT2D eigenvalue weighted by atomic mass is 35.5. The van der Waals surface area contributed by atoms with E-state index in [0.29, 0.717) is 21.9 Å². The van der Waals surface area contributed by atoms with Gasteiger partial charge in [-0.1, -0.05) is 11.8 Å². The Bertz CT molecular complexity index is 932. The van der Waals surface area contributed by atoms with Crippen molar-refractivity contribution in [1.29, 1.82) is 0 Å². The van der Waals surface area contributed by atoms with Gasteiger partial charge in [0.25, 0.3) is 0 Å². The number of nitrogens with one attached hydrogen (secondary N) is 2. The lowest BCUT2D eigenvalue weighted by Crippen LogP contribution is -2.17. The summed E-state index contributed by atoms with van der Waals surface area (Å²) < 4.78 is 40.1. The van der Waals surface area contributed by atoms with Gasteiger partial charge < -0.3 is 15.0 Å². The van der Waals surface area contributed by atoms with Gasteiger partial charge in [0.05, 0.1) is 12.1 Å². The van der Waals surface area contributed by atoms with E-state index in [2.05, 4.69) is 30.0 Å². The predicted octanol–water partition coefficient (Wildman–Crippen LogP) is 3.64. The molecule has 0 saturated heterocycles. The number of aromatic nitrogens is 4. The fourth-order valence-electron chi connectivity index (χ4n) is 1.96. The van der Waals surface area contributed by atoms with Crippen LogP contribution in [-0.2, 0) is 4.79 Å². The normalized spacial score (nSPS) is 11.5. The fraction of sp³-hybridized carbons (Fsp3) is 0.143. The van der Waals surface area contributed by atoms with Crippen molar-refractivity contribution < 1.29 is 22.7 Å². The first-order valence-electron chi connectivity index (χ1n) is 6.95. The van der Waals surface area contributed by atoms with E-state index in [1.54, 1.807) is 0 Å². The third-order valence-corrected chi connectivity index (χ3v) is 4.08. The van der Waals surface area contributed by atoms with E-state index in [-0.39, 0.29) is 22.7 Å². The second-order valence-electron chi connectivity index (χ2n) is 4.81. The number of hydrogen-bond acceptors (Lipinski definition) is 6. The molecular weight excluding hydrogens is 395 g/mol. The van der Waals surface area contributed by atoms with Crippen molar-refractivity contribution in [2.24, 2.45) is 0 Å². The molecule has 2 aromatic heterocycles. The number of hydrogen-bond donors (Lipinski definition) is 2. The van der Waals surface area contributed by atoms with Crippen LogP contribution in [0.4, 0.5) is 18.9 Å². The number of alkyl halides is 3. The zero-order valence-corrected chi connectivity index (χ0v) is 14.2. The number of anilines is 1. The van der Waals surface area contributed by atoms with Gasteiger partial charge in [-0.25, -0.2) is 9.97 Å². The molecule has 0 aliphatic carbocycles. The number of rotatable bonds is 5. The minimum atomic E-state index is -4.77. The number of ether oxygens (including phenoxy) is 1. The molecule has 136 valence electrons. The molecule has 0 fully saturated rings. The van der Waals surface area contributed by atoms with Crippen LogP contribution in [-0.4, -0.2) is 38.0 Å². The SMILES string of the molecule is O=C(CSc1nc(Cl)nc2nc[nH]c12)Nc1ccc(OC(F)(F)F)cc1. The van der Waals surface area contributed by atoms with Gasteiger partial charge in [0.1, 0.15) is 16.3 Å². The van der Waals surface area contributed by atoms with E-state index in [1.807, 2.05) is 0 Å². The van der Waals surface area contributed by atoms with Crippen molar-refractivity contribution in [2.75, 3.05) is 11.1 Å². The average Bonchev–Trinajstić information content (AvgIpc) is 3.01. The molecule has 12 heteroatoms. The maximum atomic E-state index is 12.1. The first-order valence-corrected chi connectivity index (χ1v) is 8.31. The molecule has 26 heavy (non-hydrogen) atoms. The van der Waals surface area contributed by atoms with Gasteiger partial charge in [-0.2, -0.15) is 4.98 Å². The molecule has 3 rings (SSSR count). The molecule has 2 N–H and O–H groups in total. The average molecular weight is 404 g/mol. The minimum absolute atomic E-state index is 0.00225. The Balaban J connectivity index is 1.59. The number of carbonyl (C=O) groups is 1. The minimum Gasteiger partial charge on any atom is -0.406 e. The monoisotopic (exact) mass is 403 g/mol. The van der Waals surface area contributed by atoms with E-state index in [4.69, 9.17) is 11.6 Å². The second-order valence-corrected chi connectivity index (χ2v) is 6.11. The first kappa shape index (κ1) is 18.3. The van der Waals surface area contributed by atoms with E-state index >= 15 is 0 Å². The molecule has 0 spiro atoms. The molecule has 0 radical (unpaired) electrons. The highest BCUT2D eigenvalue weighted by molar-refractivity contribution is 8.00. The van der Waals surface area contributed by atoms with Gasteiger partial charge in [-0.3, -0.25) is 4.79 Å². The number of H-pyrrole nitrogens is 1. The molecule has 7 nitrogen and oxygen atoms in total. The largest absolute Gasteiger partial charge is 0.573 e. The number of nitrogens with zero attached hydrogens (tertiary/aromatic N) is 3. The van der Waals surface area contributed by atoms with E-state index in [0.717, 1.165) is 23.9 Å². The first-order chi connectivity index (χ1) is 12.3. The van der Waals surface area contributed by atoms with Crippen molar-refractivity contribution in [3.8, 4) is 5.75 Å². The van der Waals surface area contributed by atoms with E-state index < -0.39 is 6.36 Å². The summed E-state index contributed by atoms with van der Waals surface area (Å²) in [5.74, 6) is -0.744. The zero-order valence-electron chi connectivity index (χ0n) is 12.7. The molecule has 0 saturated carbocycles. The van der Waals surface area contributed by atoms with Crippen molar-refractivity contribution in [2.45, 2.75) is 11.4 Å². The van der Waals surface area contributed by atoms with Crippen LogP contribution >= 0.6 is 23.4 Å². The summed E-state index contributed by atoms with van der Waals surface area (Å²) in [5, 5.41) is 3.03. The number of aromatic amines is 1. The Labute approximate surface area is 153 Å². The standard InChI is InChI=1S/C14H9ClF3N5O2S/c15-13-22-11-10(19-6-20-11)12(23-13)26-5-9(24)21-7-1-3-8(4-2-7)25-14(16,17)18/h1-4,6H,5H2,(H,21,24)(H,19,20,22,23). The molecule has 0 bridgehead atoms. The van der Waals surface area contributed by atoms with Crippen molar-refractivity contribution >= 4 is 46.1 Å². The summed E-state index contributed by atoms with van der Waals surface area (Å²) in [7, 11) is 0. The van der Waals surface area contributed by atoms with Crippen molar-refractivity contribution in [1.82, 2.24) is 19.9 Å². The van der Waals surface area contributed by atoms with Gasteiger partial charge in [0, 0.05) is 5.69 Å². The van der Waals surface area contributed by atoms with Crippen LogP contribution in [0.2, 0.25) is 5.28 Å². The number of benzene rings is 1. The number of carbonyl (C=O) groups excluding carboxylic acids is 1. The van der Waals surface area contributed by atoms with E-state index in [1.165, 1.54) is 18.5 Å². The third-order valence-electron chi connectivity index (χ3n) is 2.94. The van der Waals surface area contributed by atoms with Gasteiger partial charge in [-0.15, -0.1) is 13.2 Å². The molecule has 0 atom stereocenters. The maximum Gasteiger partial charge on any atom is 0.573 e. The zero-order chi connectivity index (χ0) is 18.7. The Morgan fingerprint density at radius 1 is 1.27 bits per heavy atom. The number of thioether (sulfide) groups is 1. The summed E-state index contributed by atoms with van der Waals surface area (Å²) >= 11 is 6.92. The van der Waals surface area contributed by atoms with Gasteiger partial charge in [0.15, 0.2) is 5.65 Å². The summed E-state index contributed by atoms with van der Waals surface area (Å²) in [6.07, 6.45) is -3.33. The topological polar surface area (TPSA) is 92.8 Å². The Morgan fingerprint density at radius 2 is 2.00 bits per heavy atom. The Kier molecular flexibility index (Phi) is 5.18. The molecule has 1 aromatic carbocycles. The van der Waals surface area contributed by atoms with Crippen LogP contribution in [0.3, 0.4) is 0 Å². The molecule has 0 aliphatic rings. The maximum absolute atomic E-state index is 12.1. The van der Waals surface area contributed by atoms with Crippen LogP contribution in [0, 0.1) is 0 Å². The number of imidazole rings is 1. The molecule has 0 aliphatic heterocycles. The van der Waals surface area contributed by atoms with Crippen LogP contribution in [0.15, 0.2) is 35.6 Å². The number of amides is 1. The van der Waals surface area contributed by atoms with Crippen molar-refractivity contribution in [3.05, 3.63) is 35.9 Å². The van der Waals surface area contributed by atoms with Crippen LogP contribution in [0.5, 0.6) is 5.75 Å². The Morgan fingerprint density at radius 3 is 2.69 bits per heavy atom. The van der Waals surface area contributed by atoms with Crippen LogP contribution in [0.25, 0.3) is 11.2 Å². The molecule has 3 aromatic rings. The van der Waals surface area contributed by atoms with Gasteiger partial charge in [-0.05, 0) is 35.9 Å². The summed E-state index contributed by atoms with van der Waals surface area (Å²) in [5.41, 5.74) is 1.27. The second kappa shape index (κ2) is 7.38. The molecular formula is C14H9ClF3N5O2S. The molecule has 2 heterocycles. The predicted molar refractivity (Wildman–Crippen MR) is 89.2 cm³/mol. The highest BCUT2D eigenvalue weighted by Gasteiger charge is 2.30. The number of fused-ring (bicyclic) bond motifs is 1. The fourth-order valence-corrected chi connectivity index (χ4v) is 2.96. The van der Waals surface area contributed by atoms with Gasteiger partial charge >= 0.3 is 6.36 Å². The van der Waals surface area contributed by atoms with E-state index in [9.17, 15) is 18.0 Å². The third kappa shape index (κ3) is 4.76. The molecule has 1 amide bonds. The summed E-state index contributed by atoms with van der Waals surface area (Å²) in [4.78, 5) is 26.8. The Hall–Kier alpha value is -2.53. The smallest absolute Gasteiger partial charge is 0.406 e. The quantitative estimate of drug-likeness (QED) is 0.384. The van der Waals surface area contributed by atoms with Crippen LogP contribution < -0.4 is 10.1 Å². The lowest BCUT2D eigenvalue weighted by Gasteiger charge is -2.10. The van der Waals surface area contributed by atoms with Gasteiger partial charge in [0.2, 0.25) is 11.2 Å².